The van der Waals surface area contributed by atoms with Gasteiger partial charge in [0.05, 0.1) is 0 Å². The van der Waals surface area contributed by atoms with E-state index >= 15 is 0 Å². The van der Waals surface area contributed by atoms with E-state index in [0.29, 0.717) is 5.69 Å². The quantitative estimate of drug-likeness (QED) is 0.870. The standard InChI is InChI=1S/C18H23N3O/c1-20-12-11-17(19-20)18(22)21-13-9-16(10-14-21)8-7-15-5-3-2-4-6-15/h2-6,11-12,16H,7-10,13-14H2,1H3. The lowest BCUT2D eigenvalue weighted by Crippen LogP contribution is -2.38. The number of aromatic nitrogens is 2. The highest BCUT2D eigenvalue weighted by molar-refractivity contribution is 5.92. The molecule has 1 saturated heterocycles. The Balaban J connectivity index is 1.47. The molecule has 0 unspecified atom stereocenters. The Morgan fingerprint density at radius 2 is 1.91 bits per heavy atom. The third kappa shape index (κ3) is 3.56. The fraction of sp³-hybridized carbons (Fsp3) is 0.444. The minimum atomic E-state index is 0.0714. The van der Waals surface area contributed by atoms with E-state index in [1.165, 1.54) is 12.0 Å². The molecule has 0 radical (unpaired) electrons. The molecule has 4 nitrogen and oxygen atoms in total. The average molecular weight is 297 g/mol. The van der Waals surface area contributed by atoms with Crippen molar-refractivity contribution in [3.8, 4) is 0 Å². The van der Waals surface area contributed by atoms with E-state index in [1.54, 1.807) is 10.7 Å². The van der Waals surface area contributed by atoms with Crippen LogP contribution in [0.4, 0.5) is 0 Å². The van der Waals surface area contributed by atoms with Crippen LogP contribution >= 0.6 is 0 Å². The number of amides is 1. The van der Waals surface area contributed by atoms with Gasteiger partial charge in [-0.05, 0) is 43.2 Å². The molecule has 1 aliphatic rings. The average Bonchev–Trinajstić information content (AvgIpc) is 3.00. The highest BCUT2D eigenvalue weighted by Gasteiger charge is 2.24. The van der Waals surface area contributed by atoms with Gasteiger partial charge in [0.1, 0.15) is 5.69 Å². The molecule has 1 amide bonds. The third-order valence-corrected chi connectivity index (χ3v) is 4.52. The van der Waals surface area contributed by atoms with Crippen LogP contribution in [0.25, 0.3) is 0 Å². The van der Waals surface area contributed by atoms with E-state index in [4.69, 9.17) is 0 Å². The Hall–Kier alpha value is -2.10. The summed E-state index contributed by atoms with van der Waals surface area (Å²) in [6, 6.07) is 12.4. The van der Waals surface area contributed by atoms with Gasteiger partial charge in [-0.3, -0.25) is 9.48 Å². The summed E-state index contributed by atoms with van der Waals surface area (Å²) in [5.74, 6) is 0.801. The summed E-state index contributed by atoms with van der Waals surface area (Å²) in [6.45, 7) is 1.71. The second kappa shape index (κ2) is 6.77. The minimum absolute atomic E-state index is 0.0714. The molecule has 22 heavy (non-hydrogen) atoms. The van der Waals surface area contributed by atoms with Crippen LogP contribution in [0.2, 0.25) is 0 Å². The topological polar surface area (TPSA) is 38.1 Å². The Labute approximate surface area is 131 Å². The number of piperidine rings is 1. The van der Waals surface area contributed by atoms with E-state index in [2.05, 4.69) is 35.4 Å². The van der Waals surface area contributed by atoms with Crippen molar-refractivity contribution in [3.05, 3.63) is 53.9 Å². The second-order valence-electron chi connectivity index (χ2n) is 6.13. The van der Waals surface area contributed by atoms with Gasteiger partial charge in [-0.2, -0.15) is 5.10 Å². The van der Waals surface area contributed by atoms with E-state index < -0.39 is 0 Å². The van der Waals surface area contributed by atoms with Crippen molar-refractivity contribution in [2.24, 2.45) is 13.0 Å². The van der Waals surface area contributed by atoms with Crippen molar-refractivity contribution < 1.29 is 4.79 Å². The number of hydrogen-bond acceptors (Lipinski definition) is 2. The lowest BCUT2D eigenvalue weighted by Gasteiger charge is -2.31. The summed E-state index contributed by atoms with van der Waals surface area (Å²) < 4.78 is 1.68. The highest BCUT2D eigenvalue weighted by atomic mass is 16.2. The van der Waals surface area contributed by atoms with Gasteiger partial charge >= 0.3 is 0 Å². The molecule has 0 spiro atoms. The number of hydrogen-bond donors (Lipinski definition) is 0. The Bertz CT molecular complexity index is 612. The van der Waals surface area contributed by atoms with E-state index in [-0.39, 0.29) is 5.91 Å². The first-order valence-corrected chi connectivity index (χ1v) is 8.05. The molecule has 0 aliphatic carbocycles. The number of rotatable bonds is 4. The molecule has 2 heterocycles. The molecule has 116 valence electrons. The fourth-order valence-electron chi connectivity index (χ4n) is 3.13. The summed E-state index contributed by atoms with van der Waals surface area (Å²) in [5, 5.41) is 4.21. The lowest BCUT2D eigenvalue weighted by molar-refractivity contribution is 0.0680. The first-order chi connectivity index (χ1) is 10.7. The monoisotopic (exact) mass is 297 g/mol. The molecule has 0 saturated carbocycles. The Morgan fingerprint density at radius 3 is 2.55 bits per heavy atom. The van der Waals surface area contributed by atoms with Crippen molar-refractivity contribution in [2.75, 3.05) is 13.1 Å². The van der Waals surface area contributed by atoms with Gasteiger partial charge in [0.2, 0.25) is 0 Å². The second-order valence-corrected chi connectivity index (χ2v) is 6.13. The van der Waals surface area contributed by atoms with Gasteiger partial charge in [0.15, 0.2) is 0 Å². The first kappa shape index (κ1) is 14.8. The number of carbonyl (C=O) groups is 1. The van der Waals surface area contributed by atoms with Gasteiger partial charge in [-0.1, -0.05) is 30.3 Å². The maximum atomic E-state index is 12.3. The van der Waals surface area contributed by atoms with Crippen molar-refractivity contribution in [3.63, 3.8) is 0 Å². The summed E-state index contributed by atoms with van der Waals surface area (Å²) in [6.07, 6.45) is 6.38. The van der Waals surface area contributed by atoms with Crippen LogP contribution in [-0.2, 0) is 13.5 Å². The summed E-state index contributed by atoms with van der Waals surface area (Å²) in [4.78, 5) is 14.3. The van der Waals surface area contributed by atoms with Crippen LogP contribution in [0, 0.1) is 5.92 Å². The predicted molar refractivity (Wildman–Crippen MR) is 86.6 cm³/mol. The minimum Gasteiger partial charge on any atom is -0.337 e. The SMILES string of the molecule is Cn1ccc(C(=O)N2CCC(CCc3ccccc3)CC2)n1. The normalized spacial score (nSPS) is 16.0. The van der Waals surface area contributed by atoms with Gasteiger partial charge in [0, 0.05) is 26.3 Å². The molecule has 0 N–H and O–H groups in total. The zero-order chi connectivity index (χ0) is 15.4. The number of benzene rings is 1. The summed E-state index contributed by atoms with van der Waals surface area (Å²) >= 11 is 0. The van der Waals surface area contributed by atoms with E-state index in [9.17, 15) is 4.79 Å². The zero-order valence-electron chi connectivity index (χ0n) is 13.1. The predicted octanol–water partition coefficient (Wildman–Crippen LogP) is 2.91. The van der Waals surface area contributed by atoms with Gasteiger partial charge in [0.25, 0.3) is 5.91 Å². The van der Waals surface area contributed by atoms with Crippen LogP contribution in [-0.4, -0.2) is 33.7 Å². The van der Waals surface area contributed by atoms with Crippen LogP contribution in [0.15, 0.2) is 42.6 Å². The van der Waals surface area contributed by atoms with Crippen LogP contribution < -0.4 is 0 Å². The number of nitrogens with zero attached hydrogens (tertiary/aromatic N) is 3. The zero-order valence-corrected chi connectivity index (χ0v) is 13.1. The molecular formula is C18H23N3O. The largest absolute Gasteiger partial charge is 0.337 e. The van der Waals surface area contributed by atoms with Gasteiger partial charge < -0.3 is 4.90 Å². The lowest BCUT2D eigenvalue weighted by atomic mass is 9.90. The van der Waals surface area contributed by atoms with Crippen LogP contribution in [0.1, 0.15) is 35.3 Å². The maximum Gasteiger partial charge on any atom is 0.274 e. The summed E-state index contributed by atoms with van der Waals surface area (Å²) in [5.41, 5.74) is 1.97. The van der Waals surface area contributed by atoms with E-state index in [1.807, 2.05) is 18.1 Å². The third-order valence-electron chi connectivity index (χ3n) is 4.52. The van der Waals surface area contributed by atoms with Crippen LogP contribution in [0.5, 0.6) is 0 Å². The highest BCUT2D eigenvalue weighted by Crippen LogP contribution is 2.23. The molecule has 3 rings (SSSR count). The number of aryl methyl sites for hydroxylation is 2. The molecular weight excluding hydrogens is 274 g/mol. The molecule has 4 heteroatoms. The smallest absolute Gasteiger partial charge is 0.274 e. The number of carbonyl (C=O) groups excluding carboxylic acids is 1. The van der Waals surface area contributed by atoms with Crippen LogP contribution in [0.3, 0.4) is 0 Å². The van der Waals surface area contributed by atoms with Crippen molar-refractivity contribution in [1.82, 2.24) is 14.7 Å². The summed E-state index contributed by atoms with van der Waals surface area (Å²) in [7, 11) is 1.84. The van der Waals surface area contributed by atoms with Gasteiger partial charge in [-0.25, -0.2) is 0 Å². The molecule has 1 aromatic carbocycles. The van der Waals surface area contributed by atoms with Crippen molar-refractivity contribution in [2.45, 2.75) is 25.7 Å². The Kier molecular flexibility index (Phi) is 4.56. The molecule has 0 atom stereocenters. The Morgan fingerprint density at radius 1 is 1.18 bits per heavy atom. The molecule has 2 aromatic rings. The molecule has 1 aromatic heterocycles. The van der Waals surface area contributed by atoms with Crippen molar-refractivity contribution in [1.29, 1.82) is 0 Å². The fourth-order valence-corrected chi connectivity index (χ4v) is 3.13. The first-order valence-electron chi connectivity index (χ1n) is 8.05. The number of likely N-dealkylation sites (tertiary alicyclic amines) is 1. The van der Waals surface area contributed by atoms with E-state index in [0.717, 1.165) is 38.3 Å². The molecule has 1 aliphatic heterocycles. The van der Waals surface area contributed by atoms with Crippen molar-refractivity contribution >= 4 is 5.91 Å². The molecule has 0 bridgehead atoms. The maximum absolute atomic E-state index is 12.3. The molecule has 1 fully saturated rings. The van der Waals surface area contributed by atoms with Gasteiger partial charge in [-0.15, -0.1) is 0 Å².